The molecule has 6 heteroatoms. The van der Waals surface area contributed by atoms with Crippen molar-refractivity contribution in [2.75, 3.05) is 6.54 Å². The number of rotatable bonds is 2. The smallest absolute Gasteiger partial charge is 0.207 e. The van der Waals surface area contributed by atoms with Crippen LogP contribution >= 0.6 is 27.5 Å². The first-order valence-electron chi connectivity index (χ1n) is 6.97. The number of hydrogen-bond donors (Lipinski definition) is 0. The largest absolute Gasteiger partial charge is 0.244 e. The highest BCUT2D eigenvalue weighted by atomic mass is 79.9. The molecule has 3 rings (SSSR count). The van der Waals surface area contributed by atoms with Crippen molar-refractivity contribution in [3.63, 3.8) is 0 Å². The zero-order chi connectivity index (χ0) is 14.3. The molecule has 20 heavy (non-hydrogen) atoms. The van der Waals surface area contributed by atoms with E-state index in [0.29, 0.717) is 17.5 Å². The predicted molar refractivity (Wildman–Crippen MR) is 83.4 cm³/mol. The van der Waals surface area contributed by atoms with Crippen LogP contribution in [0.25, 0.3) is 0 Å². The Bertz CT molecular complexity index is 620. The predicted octanol–water partition coefficient (Wildman–Crippen LogP) is 4.06. The molecule has 1 aliphatic carbocycles. The lowest BCUT2D eigenvalue weighted by Gasteiger charge is -2.31. The van der Waals surface area contributed by atoms with Crippen LogP contribution < -0.4 is 0 Å². The van der Waals surface area contributed by atoms with Crippen molar-refractivity contribution in [3.8, 4) is 0 Å². The van der Waals surface area contributed by atoms with Gasteiger partial charge in [0.2, 0.25) is 10.0 Å². The molecule has 1 aliphatic heterocycles. The molecule has 1 aromatic carbocycles. The monoisotopic (exact) mass is 377 g/mol. The minimum atomic E-state index is -3.48. The van der Waals surface area contributed by atoms with Crippen LogP contribution in [-0.4, -0.2) is 25.3 Å². The standard InChI is InChI=1S/C14H17BrClNO2S/c15-11-5-6-14(12(16)9-11)20(18,19)17-8-7-10-3-1-2-4-13(10)17/h5-6,9-10,13H,1-4,7-8H2. The minimum absolute atomic E-state index is 0.175. The van der Waals surface area contributed by atoms with E-state index >= 15 is 0 Å². The van der Waals surface area contributed by atoms with E-state index in [9.17, 15) is 8.42 Å². The van der Waals surface area contributed by atoms with Crippen LogP contribution in [0.2, 0.25) is 5.02 Å². The molecular weight excluding hydrogens is 362 g/mol. The molecule has 2 atom stereocenters. The third-order valence-electron chi connectivity index (χ3n) is 4.44. The van der Waals surface area contributed by atoms with Crippen molar-refractivity contribution in [1.82, 2.24) is 4.31 Å². The van der Waals surface area contributed by atoms with Gasteiger partial charge < -0.3 is 0 Å². The molecule has 0 amide bonds. The van der Waals surface area contributed by atoms with Gasteiger partial charge in [-0.1, -0.05) is 40.4 Å². The second kappa shape index (κ2) is 5.59. The summed E-state index contributed by atoms with van der Waals surface area (Å²) in [7, 11) is -3.48. The molecule has 0 radical (unpaired) electrons. The van der Waals surface area contributed by atoms with E-state index in [1.54, 1.807) is 22.5 Å². The third kappa shape index (κ3) is 2.54. The summed E-state index contributed by atoms with van der Waals surface area (Å²) in [5.41, 5.74) is 0. The molecule has 0 aromatic heterocycles. The molecule has 0 bridgehead atoms. The summed E-state index contributed by atoms with van der Waals surface area (Å²) in [4.78, 5) is 0.230. The molecule has 1 aromatic rings. The van der Waals surface area contributed by atoms with E-state index in [2.05, 4.69) is 15.9 Å². The average Bonchev–Trinajstić information content (AvgIpc) is 2.82. The van der Waals surface area contributed by atoms with E-state index in [0.717, 1.165) is 30.2 Å². The molecule has 0 spiro atoms. The zero-order valence-corrected chi connectivity index (χ0v) is 14.2. The minimum Gasteiger partial charge on any atom is -0.207 e. The molecule has 1 saturated heterocycles. The highest BCUT2D eigenvalue weighted by Gasteiger charge is 2.42. The zero-order valence-electron chi connectivity index (χ0n) is 11.1. The Balaban J connectivity index is 1.95. The normalized spacial score (nSPS) is 27.5. The van der Waals surface area contributed by atoms with E-state index in [-0.39, 0.29) is 10.9 Å². The summed E-state index contributed by atoms with van der Waals surface area (Å²) in [6.45, 7) is 0.629. The summed E-state index contributed by atoms with van der Waals surface area (Å²) in [5, 5.41) is 0.290. The van der Waals surface area contributed by atoms with E-state index in [1.807, 2.05) is 0 Å². The van der Waals surface area contributed by atoms with Gasteiger partial charge in [-0.25, -0.2) is 8.42 Å². The van der Waals surface area contributed by atoms with Crippen LogP contribution in [0.15, 0.2) is 27.6 Å². The van der Waals surface area contributed by atoms with Gasteiger partial charge >= 0.3 is 0 Å². The second-order valence-electron chi connectivity index (χ2n) is 5.59. The maximum Gasteiger partial charge on any atom is 0.244 e. The van der Waals surface area contributed by atoms with E-state index in [4.69, 9.17) is 11.6 Å². The fraction of sp³-hybridized carbons (Fsp3) is 0.571. The molecule has 0 N–H and O–H groups in total. The number of halogens is 2. The first kappa shape index (κ1) is 14.8. The second-order valence-corrected chi connectivity index (χ2v) is 8.77. The number of hydrogen-bond acceptors (Lipinski definition) is 2. The van der Waals surface area contributed by atoms with Gasteiger partial charge in [0.15, 0.2) is 0 Å². The van der Waals surface area contributed by atoms with Gasteiger partial charge in [-0.3, -0.25) is 0 Å². The van der Waals surface area contributed by atoms with Gasteiger partial charge in [0.1, 0.15) is 4.90 Å². The summed E-state index contributed by atoms with van der Waals surface area (Å²) in [6, 6.07) is 5.14. The quantitative estimate of drug-likeness (QED) is 0.778. The van der Waals surface area contributed by atoms with Gasteiger partial charge in [0.05, 0.1) is 5.02 Å². The van der Waals surface area contributed by atoms with Crippen LogP contribution in [-0.2, 0) is 10.0 Å². The Morgan fingerprint density at radius 3 is 2.70 bits per heavy atom. The Morgan fingerprint density at radius 2 is 1.95 bits per heavy atom. The fourth-order valence-electron chi connectivity index (χ4n) is 3.47. The topological polar surface area (TPSA) is 37.4 Å². The van der Waals surface area contributed by atoms with Crippen LogP contribution in [0.3, 0.4) is 0 Å². The number of nitrogens with zero attached hydrogens (tertiary/aromatic N) is 1. The van der Waals surface area contributed by atoms with Crippen molar-refractivity contribution >= 4 is 37.6 Å². The third-order valence-corrected chi connectivity index (χ3v) is 7.34. The summed E-state index contributed by atoms with van der Waals surface area (Å²) in [5.74, 6) is 0.535. The maximum absolute atomic E-state index is 12.8. The highest BCUT2D eigenvalue weighted by Crippen LogP contribution is 2.40. The Kier molecular flexibility index (Phi) is 4.15. The highest BCUT2D eigenvalue weighted by molar-refractivity contribution is 9.10. The number of fused-ring (bicyclic) bond motifs is 1. The summed E-state index contributed by atoms with van der Waals surface area (Å²) in [6.07, 6.45) is 5.48. The van der Waals surface area contributed by atoms with Crippen LogP contribution in [0.4, 0.5) is 0 Å². The van der Waals surface area contributed by atoms with Gasteiger partial charge in [0.25, 0.3) is 0 Å². The van der Waals surface area contributed by atoms with Crippen LogP contribution in [0.5, 0.6) is 0 Å². The number of sulfonamides is 1. The average molecular weight is 379 g/mol. The van der Waals surface area contributed by atoms with Crippen LogP contribution in [0, 0.1) is 5.92 Å². The van der Waals surface area contributed by atoms with Gasteiger partial charge in [0, 0.05) is 17.1 Å². The van der Waals surface area contributed by atoms with E-state index < -0.39 is 10.0 Å². The summed E-state index contributed by atoms with van der Waals surface area (Å²) < 4.78 is 28.2. The molecular formula is C14H17BrClNO2S. The van der Waals surface area contributed by atoms with Crippen molar-refractivity contribution in [3.05, 3.63) is 27.7 Å². The molecule has 2 aliphatic rings. The maximum atomic E-state index is 12.8. The Hall–Kier alpha value is -0.100. The van der Waals surface area contributed by atoms with Crippen molar-refractivity contribution in [1.29, 1.82) is 0 Å². The lowest BCUT2D eigenvalue weighted by molar-refractivity contribution is 0.260. The lowest BCUT2D eigenvalue weighted by Crippen LogP contribution is -2.39. The molecule has 1 heterocycles. The first-order valence-corrected chi connectivity index (χ1v) is 9.58. The molecule has 3 nitrogen and oxygen atoms in total. The van der Waals surface area contributed by atoms with Crippen LogP contribution in [0.1, 0.15) is 32.1 Å². The summed E-state index contributed by atoms with van der Waals surface area (Å²) >= 11 is 9.44. The molecule has 2 fully saturated rings. The Morgan fingerprint density at radius 1 is 1.20 bits per heavy atom. The fourth-order valence-corrected chi connectivity index (χ4v) is 6.22. The SMILES string of the molecule is O=S(=O)(c1ccc(Br)cc1Cl)N1CCC2CCCCC21. The van der Waals surface area contributed by atoms with Gasteiger partial charge in [-0.2, -0.15) is 4.31 Å². The van der Waals surface area contributed by atoms with Gasteiger partial charge in [-0.05, 0) is 43.4 Å². The molecule has 1 saturated carbocycles. The first-order chi connectivity index (χ1) is 9.50. The lowest BCUT2D eigenvalue weighted by atomic mass is 9.86. The van der Waals surface area contributed by atoms with E-state index in [1.165, 1.54) is 6.42 Å². The Labute approximate surface area is 133 Å². The van der Waals surface area contributed by atoms with Gasteiger partial charge in [-0.15, -0.1) is 0 Å². The van der Waals surface area contributed by atoms with Crippen molar-refractivity contribution in [2.45, 2.75) is 43.0 Å². The van der Waals surface area contributed by atoms with Crippen molar-refractivity contribution in [2.24, 2.45) is 5.92 Å². The van der Waals surface area contributed by atoms with Crippen molar-refractivity contribution < 1.29 is 8.42 Å². The molecule has 110 valence electrons. The number of benzene rings is 1. The molecule has 2 unspecified atom stereocenters.